The van der Waals surface area contributed by atoms with Crippen molar-refractivity contribution in [2.24, 2.45) is 7.05 Å². The van der Waals surface area contributed by atoms with Crippen LogP contribution in [0, 0.1) is 12.7 Å². The van der Waals surface area contributed by atoms with E-state index in [1.54, 1.807) is 28.8 Å². The molecule has 0 N–H and O–H groups in total. The molecule has 0 saturated carbocycles. The molecule has 1 atom stereocenters. The van der Waals surface area contributed by atoms with Gasteiger partial charge in [0.05, 0.1) is 24.3 Å². The predicted molar refractivity (Wildman–Crippen MR) is 133 cm³/mol. The summed E-state index contributed by atoms with van der Waals surface area (Å²) >= 11 is 0. The maximum absolute atomic E-state index is 14.6. The lowest BCUT2D eigenvalue weighted by molar-refractivity contribution is -0.138. The smallest absolute Gasteiger partial charge is 0.369 e. The SMILES string of the molecule is Cc1cccc(F)c1N1CCC[C@@H](N2Cc3cn(C)nc3N(Cc3ccccc3C(F)(F)F)C2=O)CC1. The molecule has 1 saturated heterocycles. The van der Waals surface area contributed by atoms with Crippen molar-refractivity contribution in [1.29, 1.82) is 0 Å². The maximum atomic E-state index is 14.6. The van der Waals surface area contributed by atoms with E-state index >= 15 is 0 Å². The first-order valence-corrected chi connectivity index (χ1v) is 12.4. The van der Waals surface area contributed by atoms with E-state index in [-0.39, 0.29) is 30.0 Å². The molecular weight excluding hydrogens is 486 g/mol. The lowest BCUT2D eigenvalue weighted by Gasteiger charge is -2.39. The van der Waals surface area contributed by atoms with Crippen molar-refractivity contribution in [1.82, 2.24) is 14.7 Å². The summed E-state index contributed by atoms with van der Waals surface area (Å²) in [5.74, 6) is 0.125. The van der Waals surface area contributed by atoms with Crippen LogP contribution in [-0.2, 0) is 26.3 Å². The van der Waals surface area contributed by atoms with Crippen molar-refractivity contribution in [2.75, 3.05) is 22.9 Å². The number of fused-ring (bicyclic) bond motifs is 1. The number of aromatic nitrogens is 2. The third-order valence-corrected chi connectivity index (χ3v) is 7.25. The van der Waals surface area contributed by atoms with Gasteiger partial charge in [-0.25, -0.2) is 9.18 Å². The van der Waals surface area contributed by atoms with Crippen LogP contribution in [0.3, 0.4) is 0 Å². The highest BCUT2D eigenvalue weighted by Gasteiger charge is 2.39. The first-order valence-electron chi connectivity index (χ1n) is 12.4. The Bertz CT molecular complexity index is 1280. The second-order valence-electron chi connectivity index (χ2n) is 9.78. The summed E-state index contributed by atoms with van der Waals surface area (Å²) in [5.41, 5.74) is 1.50. The van der Waals surface area contributed by atoms with E-state index in [2.05, 4.69) is 5.10 Å². The molecule has 196 valence electrons. The largest absolute Gasteiger partial charge is 0.416 e. The molecule has 2 amide bonds. The average Bonchev–Trinajstić information content (AvgIpc) is 3.05. The molecule has 2 aromatic carbocycles. The van der Waals surface area contributed by atoms with E-state index in [9.17, 15) is 22.4 Å². The van der Waals surface area contributed by atoms with Gasteiger partial charge in [0.25, 0.3) is 0 Å². The normalized spacial score (nSPS) is 18.7. The van der Waals surface area contributed by atoms with Crippen LogP contribution in [0.25, 0.3) is 0 Å². The number of amides is 2. The van der Waals surface area contributed by atoms with Crippen LogP contribution in [0.15, 0.2) is 48.7 Å². The van der Waals surface area contributed by atoms with E-state index in [1.807, 2.05) is 24.1 Å². The number of hydrogen-bond donors (Lipinski definition) is 0. The Hall–Kier alpha value is -3.56. The zero-order valence-corrected chi connectivity index (χ0v) is 20.8. The Morgan fingerprint density at radius 1 is 1.05 bits per heavy atom. The molecule has 0 bridgehead atoms. The molecule has 0 aliphatic carbocycles. The quantitative estimate of drug-likeness (QED) is 0.407. The van der Waals surface area contributed by atoms with Crippen molar-refractivity contribution in [3.05, 3.63) is 76.7 Å². The number of urea groups is 1. The van der Waals surface area contributed by atoms with Gasteiger partial charge in [-0.3, -0.25) is 9.58 Å². The zero-order valence-electron chi connectivity index (χ0n) is 20.8. The summed E-state index contributed by atoms with van der Waals surface area (Å²) in [6.07, 6.45) is -0.611. The van der Waals surface area contributed by atoms with Crippen molar-refractivity contribution in [3.63, 3.8) is 0 Å². The zero-order chi connectivity index (χ0) is 26.3. The molecule has 3 aromatic rings. The number of rotatable bonds is 4. The van der Waals surface area contributed by atoms with Crippen LogP contribution < -0.4 is 9.80 Å². The molecule has 37 heavy (non-hydrogen) atoms. The minimum Gasteiger partial charge on any atom is -0.369 e. The molecule has 6 nitrogen and oxygen atoms in total. The van der Waals surface area contributed by atoms with Crippen molar-refractivity contribution in [2.45, 2.75) is 51.5 Å². The molecule has 10 heteroatoms. The number of benzene rings is 2. The number of hydrogen-bond acceptors (Lipinski definition) is 3. The summed E-state index contributed by atoms with van der Waals surface area (Å²) in [5, 5.41) is 4.40. The maximum Gasteiger partial charge on any atom is 0.416 e. The van der Waals surface area contributed by atoms with E-state index in [4.69, 9.17) is 0 Å². The number of nitrogens with zero attached hydrogens (tertiary/aromatic N) is 5. The molecular formula is C27H29F4N5O. The number of halogens is 4. The fourth-order valence-corrected chi connectivity index (χ4v) is 5.53. The van der Waals surface area contributed by atoms with Crippen molar-refractivity contribution < 1.29 is 22.4 Å². The third-order valence-electron chi connectivity index (χ3n) is 7.25. The summed E-state index contributed by atoms with van der Waals surface area (Å²) in [6, 6.07) is 9.87. The second-order valence-corrected chi connectivity index (χ2v) is 9.78. The number of carbonyl (C=O) groups excluding carboxylic acids is 1. The Morgan fingerprint density at radius 2 is 1.84 bits per heavy atom. The highest BCUT2D eigenvalue weighted by molar-refractivity contribution is 5.94. The highest BCUT2D eigenvalue weighted by atomic mass is 19.4. The van der Waals surface area contributed by atoms with Gasteiger partial charge in [0, 0.05) is 37.9 Å². The van der Waals surface area contributed by atoms with Gasteiger partial charge >= 0.3 is 12.2 Å². The van der Waals surface area contributed by atoms with Gasteiger partial charge < -0.3 is 9.80 Å². The fourth-order valence-electron chi connectivity index (χ4n) is 5.53. The van der Waals surface area contributed by atoms with E-state index in [0.717, 1.165) is 30.0 Å². The Morgan fingerprint density at radius 3 is 2.59 bits per heavy atom. The van der Waals surface area contributed by atoms with Gasteiger partial charge in [-0.2, -0.15) is 18.3 Å². The van der Waals surface area contributed by atoms with Crippen LogP contribution in [-0.4, -0.2) is 39.8 Å². The number of aryl methyl sites for hydroxylation is 2. The Labute approximate surface area is 213 Å². The third kappa shape index (κ3) is 4.89. The molecule has 0 spiro atoms. The van der Waals surface area contributed by atoms with Crippen LogP contribution in [0.2, 0.25) is 0 Å². The second kappa shape index (κ2) is 9.72. The number of anilines is 2. The lowest BCUT2D eigenvalue weighted by Crippen LogP contribution is -2.51. The van der Waals surface area contributed by atoms with Gasteiger partial charge in [-0.15, -0.1) is 0 Å². The predicted octanol–water partition coefficient (Wildman–Crippen LogP) is 5.89. The monoisotopic (exact) mass is 515 g/mol. The average molecular weight is 516 g/mol. The van der Waals surface area contributed by atoms with Crippen LogP contribution >= 0.6 is 0 Å². The molecule has 3 heterocycles. The lowest BCUT2D eigenvalue weighted by atomic mass is 10.0. The van der Waals surface area contributed by atoms with E-state index in [0.29, 0.717) is 37.6 Å². The number of alkyl halides is 3. The summed E-state index contributed by atoms with van der Waals surface area (Å²) in [7, 11) is 1.73. The van der Waals surface area contributed by atoms with E-state index < -0.39 is 11.7 Å². The van der Waals surface area contributed by atoms with Crippen LogP contribution in [0.5, 0.6) is 0 Å². The minimum atomic E-state index is -4.53. The number of carbonyl (C=O) groups is 1. The molecule has 1 aromatic heterocycles. The van der Waals surface area contributed by atoms with Crippen LogP contribution in [0.1, 0.15) is 41.5 Å². The molecule has 0 radical (unpaired) electrons. The Balaban J connectivity index is 1.41. The van der Waals surface area contributed by atoms with Crippen LogP contribution in [0.4, 0.5) is 33.9 Å². The standard InChI is InChI=1S/C27H29F4N5O/c1-18-7-5-11-23(28)24(18)34-13-6-9-21(12-14-34)35-17-20-15-33(2)32-25(20)36(26(35)37)16-19-8-3-4-10-22(19)27(29,30)31/h3-5,7-8,10-11,15,21H,6,9,12-14,16-17H2,1-2H3/t21-/m1/s1. The molecule has 2 aliphatic rings. The number of para-hydroxylation sites is 1. The molecule has 2 aliphatic heterocycles. The summed E-state index contributed by atoms with van der Waals surface area (Å²) in [4.78, 5) is 18.9. The highest BCUT2D eigenvalue weighted by Crippen LogP contribution is 2.36. The molecule has 0 unspecified atom stereocenters. The Kier molecular flexibility index (Phi) is 6.59. The minimum absolute atomic E-state index is 0.0175. The van der Waals surface area contributed by atoms with Gasteiger partial charge in [0.1, 0.15) is 5.82 Å². The van der Waals surface area contributed by atoms with Crippen molar-refractivity contribution in [3.8, 4) is 0 Å². The summed E-state index contributed by atoms with van der Waals surface area (Å²) < 4.78 is 57.2. The van der Waals surface area contributed by atoms with E-state index in [1.165, 1.54) is 23.1 Å². The van der Waals surface area contributed by atoms with Gasteiger partial charge in [-0.1, -0.05) is 30.3 Å². The summed E-state index contributed by atoms with van der Waals surface area (Å²) in [6.45, 7) is 3.23. The van der Waals surface area contributed by atoms with Gasteiger partial charge in [0.2, 0.25) is 0 Å². The van der Waals surface area contributed by atoms with Gasteiger partial charge in [0.15, 0.2) is 5.82 Å². The van der Waals surface area contributed by atoms with Crippen molar-refractivity contribution >= 4 is 17.5 Å². The fraction of sp³-hybridized carbons (Fsp3) is 0.407. The topological polar surface area (TPSA) is 44.6 Å². The van der Waals surface area contributed by atoms with Gasteiger partial charge in [-0.05, 0) is 49.4 Å². The first kappa shape index (κ1) is 25.1. The molecule has 1 fully saturated rings. The first-order chi connectivity index (χ1) is 17.6. The molecule has 5 rings (SSSR count).